The van der Waals surface area contributed by atoms with Crippen LogP contribution in [0.25, 0.3) is 0 Å². The second-order valence-electron chi connectivity index (χ2n) is 2.84. The van der Waals surface area contributed by atoms with Crippen molar-refractivity contribution in [2.24, 2.45) is 12.8 Å². The highest BCUT2D eigenvalue weighted by Crippen LogP contribution is 2.21. The Balaban J connectivity index is 2.17. The molecule has 0 aromatic carbocycles. The average molecular weight is 236 g/mol. The van der Waals surface area contributed by atoms with Crippen LogP contribution in [0, 0.1) is 5.41 Å². The van der Waals surface area contributed by atoms with Crippen molar-refractivity contribution in [3.05, 3.63) is 18.1 Å². The molecule has 0 saturated carbocycles. The van der Waals surface area contributed by atoms with Gasteiger partial charge in [-0.1, -0.05) is 0 Å². The molecule has 0 bridgehead atoms. The summed E-state index contributed by atoms with van der Waals surface area (Å²) in [6, 6.07) is 0. The maximum atomic E-state index is 7.17. The molecule has 0 atom stereocenters. The zero-order valence-corrected chi connectivity index (χ0v) is 9.14. The molecule has 3 N–H and O–H groups in total. The maximum absolute atomic E-state index is 7.17. The average Bonchev–Trinajstić information content (AvgIpc) is 2.65. The van der Waals surface area contributed by atoms with E-state index in [1.165, 1.54) is 28.8 Å². The molecule has 0 fully saturated rings. The van der Waals surface area contributed by atoms with Crippen LogP contribution in [0.5, 0.6) is 0 Å². The Labute approximate surface area is 94.8 Å². The Bertz CT molecular complexity index is 503. The van der Waals surface area contributed by atoms with Crippen molar-refractivity contribution in [1.29, 1.82) is 5.41 Å². The van der Waals surface area contributed by atoms with Gasteiger partial charge in [-0.3, -0.25) is 5.41 Å². The van der Waals surface area contributed by atoms with E-state index < -0.39 is 0 Å². The summed E-state index contributed by atoms with van der Waals surface area (Å²) in [4.78, 5) is 8.06. The Kier molecular flexibility index (Phi) is 2.77. The van der Waals surface area contributed by atoms with E-state index in [9.17, 15) is 0 Å². The third-order valence-electron chi connectivity index (χ3n) is 1.68. The lowest BCUT2D eigenvalue weighted by Crippen LogP contribution is -2.13. The molecular formula is C7H8N8S. The number of nitrogens with one attached hydrogen (secondary N) is 1. The molecule has 82 valence electrons. The quantitative estimate of drug-likeness (QED) is 0.541. The second-order valence-corrected chi connectivity index (χ2v) is 3.83. The van der Waals surface area contributed by atoms with E-state index in [-0.39, 0.29) is 5.84 Å². The number of rotatable bonds is 3. The molecule has 2 rings (SSSR count). The zero-order valence-electron chi connectivity index (χ0n) is 8.32. The molecule has 2 aromatic heterocycles. The molecular weight excluding hydrogens is 228 g/mol. The van der Waals surface area contributed by atoms with Gasteiger partial charge in [0.1, 0.15) is 16.6 Å². The number of aryl methyl sites for hydroxylation is 1. The minimum atomic E-state index is -0.107. The van der Waals surface area contributed by atoms with Crippen molar-refractivity contribution in [2.75, 3.05) is 0 Å². The van der Waals surface area contributed by atoms with Crippen molar-refractivity contribution in [3.63, 3.8) is 0 Å². The summed E-state index contributed by atoms with van der Waals surface area (Å²) in [5, 5.41) is 19.4. The Morgan fingerprint density at radius 2 is 2.25 bits per heavy atom. The summed E-state index contributed by atoms with van der Waals surface area (Å²) >= 11 is 1.28. The number of tetrazole rings is 1. The molecule has 8 nitrogen and oxygen atoms in total. The van der Waals surface area contributed by atoms with Crippen molar-refractivity contribution in [1.82, 2.24) is 30.2 Å². The fourth-order valence-electron chi connectivity index (χ4n) is 0.909. The minimum absolute atomic E-state index is 0.107. The Hall–Kier alpha value is -2.03. The van der Waals surface area contributed by atoms with Gasteiger partial charge in [0.05, 0.1) is 12.4 Å². The Morgan fingerprint density at radius 3 is 2.75 bits per heavy atom. The molecule has 0 saturated heterocycles. The molecule has 0 amide bonds. The minimum Gasteiger partial charge on any atom is -0.382 e. The van der Waals surface area contributed by atoms with Gasteiger partial charge in [-0.15, -0.1) is 5.10 Å². The van der Waals surface area contributed by atoms with Crippen molar-refractivity contribution >= 4 is 17.6 Å². The third kappa shape index (κ3) is 2.14. The number of hydrogen-bond donors (Lipinski definition) is 2. The fourth-order valence-corrected chi connectivity index (χ4v) is 1.55. The lowest BCUT2D eigenvalue weighted by atomic mass is 10.4. The van der Waals surface area contributed by atoms with Gasteiger partial charge in [0.2, 0.25) is 5.16 Å². The van der Waals surface area contributed by atoms with Crippen molar-refractivity contribution in [2.45, 2.75) is 10.2 Å². The summed E-state index contributed by atoms with van der Waals surface area (Å²) in [5.41, 5.74) is 5.61. The number of nitrogens with zero attached hydrogens (tertiary/aromatic N) is 6. The van der Waals surface area contributed by atoms with E-state index in [0.29, 0.717) is 15.9 Å². The fraction of sp³-hybridized carbons (Fsp3) is 0.143. The van der Waals surface area contributed by atoms with E-state index >= 15 is 0 Å². The van der Waals surface area contributed by atoms with Gasteiger partial charge in [-0.2, -0.15) is 0 Å². The van der Waals surface area contributed by atoms with Crippen LogP contribution in [-0.2, 0) is 7.05 Å². The smallest absolute Gasteiger partial charge is 0.215 e. The summed E-state index contributed by atoms with van der Waals surface area (Å²) in [7, 11) is 1.74. The molecule has 0 spiro atoms. The largest absolute Gasteiger partial charge is 0.382 e. The molecule has 0 aliphatic heterocycles. The number of hydrogen-bond acceptors (Lipinski definition) is 7. The molecule has 0 radical (unpaired) electrons. The van der Waals surface area contributed by atoms with Gasteiger partial charge >= 0.3 is 0 Å². The van der Waals surface area contributed by atoms with Gasteiger partial charge < -0.3 is 5.73 Å². The second kappa shape index (κ2) is 4.23. The van der Waals surface area contributed by atoms with Crippen molar-refractivity contribution < 1.29 is 0 Å². The molecule has 0 aliphatic rings. The van der Waals surface area contributed by atoms with Crippen LogP contribution in [0.1, 0.15) is 5.69 Å². The molecule has 2 aromatic rings. The zero-order chi connectivity index (χ0) is 11.5. The van der Waals surface area contributed by atoms with Crippen LogP contribution < -0.4 is 5.73 Å². The normalized spacial score (nSPS) is 10.3. The highest BCUT2D eigenvalue weighted by atomic mass is 32.2. The molecule has 16 heavy (non-hydrogen) atoms. The third-order valence-corrected chi connectivity index (χ3v) is 2.63. The van der Waals surface area contributed by atoms with Gasteiger partial charge in [0.15, 0.2) is 0 Å². The number of nitrogen functional groups attached to an aromatic ring is 1. The predicted octanol–water partition coefficient (Wildman–Crippen LogP) is -0.565. The topological polar surface area (TPSA) is 119 Å². The first-order chi connectivity index (χ1) is 7.66. The van der Waals surface area contributed by atoms with E-state index in [1.807, 2.05) is 0 Å². The van der Waals surface area contributed by atoms with Crippen LogP contribution in [0.3, 0.4) is 0 Å². The summed E-state index contributed by atoms with van der Waals surface area (Å²) in [6.45, 7) is 0. The van der Waals surface area contributed by atoms with E-state index in [2.05, 4.69) is 25.5 Å². The first kappa shape index (κ1) is 10.5. The van der Waals surface area contributed by atoms with Crippen LogP contribution >= 0.6 is 11.8 Å². The summed E-state index contributed by atoms with van der Waals surface area (Å²) in [6.07, 6.45) is 2.96. The first-order valence-electron chi connectivity index (χ1n) is 4.23. The monoisotopic (exact) mass is 236 g/mol. The van der Waals surface area contributed by atoms with Gasteiger partial charge in [-0.05, 0) is 22.2 Å². The van der Waals surface area contributed by atoms with Gasteiger partial charge in [0.25, 0.3) is 0 Å². The lowest BCUT2D eigenvalue weighted by molar-refractivity contribution is 0.664. The number of nitrogens with two attached hydrogens (primary N) is 1. The summed E-state index contributed by atoms with van der Waals surface area (Å²) < 4.78 is 1.53. The number of aromatic nitrogens is 6. The van der Waals surface area contributed by atoms with Gasteiger partial charge in [-0.25, -0.2) is 14.6 Å². The van der Waals surface area contributed by atoms with Crippen LogP contribution in [0.15, 0.2) is 22.6 Å². The SMILES string of the molecule is Cn1nnnc1Sc1cnc(C(=N)N)cn1. The maximum Gasteiger partial charge on any atom is 0.215 e. The Morgan fingerprint density at radius 1 is 1.44 bits per heavy atom. The van der Waals surface area contributed by atoms with Crippen LogP contribution in [0.2, 0.25) is 0 Å². The standard InChI is InChI=1S/C7H8N8S/c1-15-7(12-13-14-15)16-5-3-10-4(2-11-5)6(8)9/h2-3H,1H3,(H3,8,9). The molecule has 2 heterocycles. The number of amidine groups is 1. The highest BCUT2D eigenvalue weighted by molar-refractivity contribution is 7.99. The van der Waals surface area contributed by atoms with Crippen molar-refractivity contribution in [3.8, 4) is 0 Å². The van der Waals surface area contributed by atoms with Crippen LogP contribution in [-0.4, -0.2) is 36.0 Å². The first-order valence-corrected chi connectivity index (χ1v) is 5.05. The summed E-state index contributed by atoms with van der Waals surface area (Å²) in [5.74, 6) is -0.107. The van der Waals surface area contributed by atoms with Crippen LogP contribution in [0.4, 0.5) is 0 Å². The molecule has 9 heteroatoms. The predicted molar refractivity (Wildman–Crippen MR) is 56.0 cm³/mol. The van der Waals surface area contributed by atoms with E-state index in [4.69, 9.17) is 11.1 Å². The lowest BCUT2D eigenvalue weighted by Gasteiger charge is -1.99. The molecule has 0 aliphatic carbocycles. The van der Waals surface area contributed by atoms with Gasteiger partial charge in [0, 0.05) is 7.05 Å². The van der Waals surface area contributed by atoms with E-state index in [0.717, 1.165) is 0 Å². The highest BCUT2D eigenvalue weighted by Gasteiger charge is 2.06. The van der Waals surface area contributed by atoms with E-state index in [1.54, 1.807) is 7.05 Å². The molecule has 0 unspecified atom stereocenters.